The third kappa shape index (κ3) is 3.31. The maximum Gasteiger partial charge on any atom is 0.123 e. The van der Waals surface area contributed by atoms with Crippen LogP contribution >= 0.6 is 11.8 Å². The SMILES string of the molecule is CC1CSC2=C(Nc3ccc(F)cc3)CC(C)(C)CC2=N1. The summed E-state index contributed by atoms with van der Waals surface area (Å²) in [6.07, 6.45) is 2.04. The second kappa shape index (κ2) is 5.48. The van der Waals surface area contributed by atoms with Gasteiger partial charge in [-0.05, 0) is 49.4 Å². The molecule has 1 atom stereocenters. The first-order chi connectivity index (χ1) is 9.93. The fourth-order valence-electron chi connectivity index (χ4n) is 2.92. The zero-order valence-corrected chi connectivity index (χ0v) is 13.6. The second-order valence-corrected chi connectivity index (χ2v) is 7.72. The van der Waals surface area contributed by atoms with Gasteiger partial charge in [0.05, 0.1) is 11.8 Å². The van der Waals surface area contributed by atoms with E-state index in [9.17, 15) is 4.39 Å². The van der Waals surface area contributed by atoms with E-state index in [1.54, 1.807) is 12.1 Å². The number of aliphatic imine (C=N–C) groups is 1. The lowest BCUT2D eigenvalue weighted by Gasteiger charge is -2.36. The summed E-state index contributed by atoms with van der Waals surface area (Å²) < 4.78 is 13.0. The summed E-state index contributed by atoms with van der Waals surface area (Å²) in [5.41, 5.74) is 3.62. The standard InChI is InChI=1S/C17H21FN2S/c1-11-10-21-16-14(19-11)8-17(2,3)9-15(16)20-13-6-4-12(18)5-7-13/h4-7,11,20H,8-10H2,1-3H3. The van der Waals surface area contributed by atoms with E-state index >= 15 is 0 Å². The molecule has 2 nitrogen and oxygen atoms in total. The van der Waals surface area contributed by atoms with E-state index in [2.05, 4.69) is 26.1 Å². The van der Waals surface area contributed by atoms with Crippen molar-refractivity contribution in [3.8, 4) is 0 Å². The van der Waals surface area contributed by atoms with Gasteiger partial charge >= 0.3 is 0 Å². The van der Waals surface area contributed by atoms with Gasteiger partial charge in [-0.3, -0.25) is 4.99 Å². The molecule has 3 rings (SSSR count). The van der Waals surface area contributed by atoms with E-state index in [-0.39, 0.29) is 11.2 Å². The molecule has 0 amide bonds. The largest absolute Gasteiger partial charge is 0.358 e. The van der Waals surface area contributed by atoms with Gasteiger partial charge in [-0.25, -0.2) is 4.39 Å². The molecule has 0 aromatic heterocycles. The van der Waals surface area contributed by atoms with Crippen LogP contribution in [0.25, 0.3) is 0 Å². The lowest BCUT2D eigenvalue weighted by atomic mass is 9.78. The lowest BCUT2D eigenvalue weighted by molar-refractivity contribution is 0.372. The average Bonchev–Trinajstić information content (AvgIpc) is 2.39. The Morgan fingerprint density at radius 3 is 2.67 bits per heavy atom. The van der Waals surface area contributed by atoms with Crippen LogP contribution in [0.2, 0.25) is 0 Å². The molecule has 0 radical (unpaired) electrons. The Kier molecular flexibility index (Phi) is 3.82. The van der Waals surface area contributed by atoms with Crippen LogP contribution in [0.5, 0.6) is 0 Å². The molecule has 1 heterocycles. The number of nitrogens with one attached hydrogen (secondary N) is 1. The average molecular weight is 304 g/mol. The predicted octanol–water partition coefficient (Wildman–Crippen LogP) is 4.85. The van der Waals surface area contributed by atoms with Gasteiger partial charge < -0.3 is 5.32 Å². The summed E-state index contributed by atoms with van der Waals surface area (Å²) in [5.74, 6) is 0.832. The molecular weight excluding hydrogens is 283 g/mol. The molecular formula is C17H21FN2S. The van der Waals surface area contributed by atoms with Crippen LogP contribution in [0.3, 0.4) is 0 Å². The normalized spacial score (nSPS) is 24.4. The summed E-state index contributed by atoms with van der Waals surface area (Å²) >= 11 is 1.90. The van der Waals surface area contributed by atoms with E-state index in [0.717, 1.165) is 24.3 Å². The van der Waals surface area contributed by atoms with Crippen molar-refractivity contribution in [3.05, 3.63) is 40.7 Å². The fourth-order valence-corrected chi connectivity index (χ4v) is 3.99. The number of fused-ring (bicyclic) bond motifs is 1. The van der Waals surface area contributed by atoms with Crippen LogP contribution < -0.4 is 5.32 Å². The molecule has 112 valence electrons. The first-order valence-electron chi connectivity index (χ1n) is 7.38. The van der Waals surface area contributed by atoms with Crippen LogP contribution in [0.15, 0.2) is 39.9 Å². The maximum absolute atomic E-state index is 13.0. The van der Waals surface area contributed by atoms with E-state index in [1.807, 2.05) is 11.8 Å². The molecule has 1 aromatic carbocycles. The zero-order chi connectivity index (χ0) is 15.0. The number of nitrogens with zero attached hydrogens (tertiary/aromatic N) is 1. The molecule has 0 saturated carbocycles. The van der Waals surface area contributed by atoms with Crippen molar-refractivity contribution in [1.29, 1.82) is 0 Å². The van der Waals surface area contributed by atoms with Gasteiger partial charge in [-0.2, -0.15) is 0 Å². The van der Waals surface area contributed by atoms with Crippen LogP contribution in [-0.4, -0.2) is 17.5 Å². The fraction of sp³-hybridized carbons (Fsp3) is 0.471. The Morgan fingerprint density at radius 2 is 1.95 bits per heavy atom. The quantitative estimate of drug-likeness (QED) is 0.845. The summed E-state index contributed by atoms with van der Waals surface area (Å²) in [6, 6.07) is 6.96. The Balaban J connectivity index is 1.94. The van der Waals surface area contributed by atoms with Crippen molar-refractivity contribution >= 4 is 23.2 Å². The highest BCUT2D eigenvalue weighted by atomic mass is 32.2. The van der Waals surface area contributed by atoms with Gasteiger partial charge in [0.1, 0.15) is 5.82 Å². The number of rotatable bonds is 2. The molecule has 1 aliphatic heterocycles. The van der Waals surface area contributed by atoms with E-state index < -0.39 is 0 Å². The number of hydrogen-bond donors (Lipinski definition) is 1. The number of allylic oxidation sites excluding steroid dienone is 2. The van der Waals surface area contributed by atoms with Crippen molar-refractivity contribution in [2.45, 2.75) is 39.7 Å². The first kappa shape index (κ1) is 14.6. The number of halogens is 1. The van der Waals surface area contributed by atoms with Gasteiger partial charge in [-0.1, -0.05) is 13.8 Å². The maximum atomic E-state index is 13.0. The molecule has 4 heteroatoms. The minimum atomic E-state index is -0.203. The number of thioether (sulfide) groups is 1. The first-order valence-corrected chi connectivity index (χ1v) is 8.37. The second-order valence-electron chi connectivity index (χ2n) is 6.69. The predicted molar refractivity (Wildman–Crippen MR) is 89.4 cm³/mol. The lowest BCUT2D eigenvalue weighted by Crippen LogP contribution is -2.31. The highest BCUT2D eigenvalue weighted by Crippen LogP contribution is 2.43. The number of hydrogen-bond acceptors (Lipinski definition) is 3. The van der Waals surface area contributed by atoms with E-state index in [4.69, 9.17) is 4.99 Å². The number of anilines is 1. The van der Waals surface area contributed by atoms with E-state index in [0.29, 0.717) is 6.04 Å². The van der Waals surface area contributed by atoms with Crippen molar-refractivity contribution in [3.63, 3.8) is 0 Å². The van der Waals surface area contributed by atoms with Gasteiger partial charge in [0.15, 0.2) is 0 Å². The Labute approximate surface area is 129 Å². The molecule has 1 aliphatic carbocycles. The third-order valence-electron chi connectivity index (χ3n) is 3.82. The summed E-state index contributed by atoms with van der Waals surface area (Å²) in [7, 11) is 0. The molecule has 0 bridgehead atoms. The minimum Gasteiger partial charge on any atom is -0.358 e. The summed E-state index contributed by atoms with van der Waals surface area (Å²) in [6.45, 7) is 6.73. The molecule has 0 spiro atoms. The Hall–Kier alpha value is -1.29. The minimum absolute atomic E-state index is 0.203. The summed E-state index contributed by atoms with van der Waals surface area (Å²) in [5, 5.41) is 3.49. The van der Waals surface area contributed by atoms with Gasteiger partial charge in [0.2, 0.25) is 0 Å². The Morgan fingerprint density at radius 1 is 1.24 bits per heavy atom. The monoisotopic (exact) mass is 304 g/mol. The highest BCUT2D eigenvalue weighted by Gasteiger charge is 2.33. The number of benzene rings is 1. The van der Waals surface area contributed by atoms with Crippen LogP contribution in [0.4, 0.5) is 10.1 Å². The molecule has 21 heavy (non-hydrogen) atoms. The molecule has 2 aliphatic rings. The topological polar surface area (TPSA) is 24.4 Å². The van der Waals surface area contributed by atoms with Crippen molar-refractivity contribution in [1.82, 2.24) is 0 Å². The van der Waals surface area contributed by atoms with Crippen molar-refractivity contribution < 1.29 is 4.39 Å². The molecule has 1 aromatic rings. The summed E-state index contributed by atoms with van der Waals surface area (Å²) in [4.78, 5) is 6.15. The molecule has 1 N–H and O–H groups in total. The van der Waals surface area contributed by atoms with Crippen molar-refractivity contribution in [2.75, 3.05) is 11.1 Å². The van der Waals surface area contributed by atoms with Gasteiger partial charge in [0.25, 0.3) is 0 Å². The zero-order valence-electron chi connectivity index (χ0n) is 12.7. The van der Waals surface area contributed by atoms with Gasteiger partial charge in [0, 0.05) is 22.0 Å². The van der Waals surface area contributed by atoms with Crippen LogP contribution in [0.1, 0.15) is 33.6 Å². The smallest absolute Gasteiger partial charge is 0.123 e. The molecule has 0 fully saturated rings. The Bertz CT molecular complexity index is 602. The van der Waals surface area contributed by atoms with Crippen LogP contribution in [-0.2, 0) is 0 Å². The van der Waals surface area contributed by atoms with Crippen molar-refractivity contribution in [2.24, 2.45) is 10.4 Å². The van der Waals surface area contributed by atoms with Gasteiger partial charge in [-0.15, -0.1) is 11.8 Å². The van der Waals surface area contributed by atoms with E-state index in [1.165, 1.54) is 28.4 Å². The highest BCUT2D eigenvalue weighted by molar-refractivity contribution is 8.04. The molecule has 0 saturated heterocycles. The molecule has 1 unspecified atom stereocenters. The third-order valence-corrected chi connectivity index (χ3v) is 5.24. The van der Waals surface area contributed by atoms with Crippen LogP contribution in [0, 0.1) is 11.2 Å².